The minimum absolute atomic E-state index is 0.321. The van der Waals surface area contributed by atoms with Crippen LogP contribution in [0.5, 0.6) is 0 Å². The second-order valence-corrected chi connectivity index (χ2v) is 5.79. The van der Waals surface area contributed by atoms with E-state index in [9.17, 15) is 4.79 Å². The van der Waals surface area contributed by atoms with Gasteiger partial charge in [-0.1, -0.05) is 61.9 Å². The molecule has 0 atom stereocenters. The predicted octanol–water partition coefficient (Wildman–Crippen LogP) is 5.03. The van der Waals surface area contributed by atoms with Crippen molar-refractivity contribution in [3.8, 4) is 11.3 Å². The number of para-hydroxylation sites is 1. The highest BCUT2D eigenvalue weighted by atomic mass is 16.5. The van der Waals surface area contributed by atoms with Crippen molar-refractivity contribution in [3.05, 3.63) is 65.7 Å². The predicted molar refractivity (Wildman–Crippen MR) is 97.1 cm³/mol. The smallest absolute Gasteiger partial charge is 0.340 e. The summed E-state index contributed by atoms with van der Waals surface area (Å²) < 4.78 is 5.09. The van der Waals surface area contributed by atoms with Gasteiger partial charge in [-0.3, -0.25) is 0 Å². The lowest BCUT2D eigenvalue weighted by atomic mass is 9.93. The van der Waals surface area contributed by atoms with Gasteiger partial charge in [-0.15, -0.1) is 0 Å². The van der Waals surface area contributed by atoms with Crippen molar-refractivity contribution in [3.63, 3.8) is 0 Å². The van der Waals surface area contributed by atoms with Crippen LogP contribution in [0.1, 0.15) is 35.7 Å². The Hall–Kier alpha value is -2.68. The minimum atomic E-state index is -0.321. The van der Waals surface area contributed by atoms with Crippen LogP contribution in [0.25, 0.3) is 22.2 Å². The van der Waals surface area contributed by atoms with Gasteiger partial charge < -0.3 is 4.74 Å². The highest BCUT2D eigenvalue weighted by Gasteiger charge is 2.22. The van der Waals surface area contributed by atoms with E-state index in [1.54, 1.807) is 0 Å². The number of methoxy groups -OCH3 is 1. The van der Waals surface area contributed by atoms with Gasteiger partial charge in [0.25, 0.3) is 0 Å². The lowest BCUT2D eigenvalue weighted by Gasteiger charge is -2.16. The molecule has 0 saturated heterocycles. The molecule has 2 aromatic carbocycles. The van der Waals surface area contributed by atoms with Crippen LogP contribution >= 0.6 is 0 Å². The fourth-order valence-electron chi connectivity index (χ4n) is 3.02. The van der Waals surface area contributed by atoms with Crippen LogP contribution in [0.15, 0.2) is 54.6 Å². The summed E-state index contributed by atoms with van der Waals surface area (Å²) in [6.45, 7) is 2.15. The van der Waals surface area contributed by atoms with E-state index in [4.69, 9.17) is 9.72 Å². The Morgan fingerprint density at radius 3 is 2.46 bits per heavy atom. The number of rotatable bonds is 5. The van der Waals surface area contributed by atoms with Gasteiger partial charge in [-0.05, 0) is 24.5 Å². The van der Waals surface area contributed by atoms with E-state index in [2.05, 4.69) is 6.92 Å². The van der Waals surface area contributed by atoms with Crippen molar-refractivity contribution in [2.75, 3.05) is 7.11 Å². The molecule has 0 bridgehead atoms. The molecule has 0 fully saturated rings. The standard InChI is InChI=1S/C21H21NO2/c1-3-4-12-17-16-13-8-9-14-18(16)22-20(19(17)21(23)24-2)15-10-6-5-7-11-15/h5-11,13-14H,3-4,12H2,1-2H3. The van der Waals surface area contributed by atoms with E-state index in [0.29, 0.717) is 11.3 Å². The third kappa shape index (κ3) is 3.02. The molecule has 24 heavy (non-hydrogen) atoms. The van der Waals surface area contributed by atoms with Gasteiger partial charge in [-0.25, -0.2) is 9.78 Å². The number of unbranched alkanes of at least 4 members (excludes halogenated alkanes) is 1. The van der Waals surface area contributed by atoms with Crippen LogP contribution in [0.4, 0.5) is 0 Å². The number of carbonyl (C=O) groups is 1. The number of aryl methyl sites for hydroxylation is 1. The quantitative estimate of drug-likeness (QED) is 0.619. The van der Waals surface area contributed by atoms with Crippen molar-refractivity contribution in [1.29, 1.82) is 0 Å². The maximum Gasteiger partial charge on any atom is 0.340 e. The lowest BCUT2D eigenvalue weighted by Crippen LogP contribution is -2.11. The van der Waals surface area contributed by atoms with E-state index in [1.807, 2.05) is 54.6 Å². The molecule has 0 aliphatic heterocycles. The fraction of sp³-hybridized carbons (Fsp3) is 0.238. The lowest BCUT2D eigenvalue weighted by molar-refractivity contribution is 0.0600. The highest BCUT2D eigenvalue weighted by Crippen LogP contribution is 2.31. The number of aromatic nitrogens is 1. The van der Waals surface area contributed by atoms with Crippen LogP contribution in [0, 0.1) is 0 Å². The van der Waals surface area contributed by atoms with Crippen LogP contribution < -0.4 is 0 Å². The Morgan fingerprint density at radius 1 is 1.04 bits per heavy atom. The molecule has 0 N–H and O–H groups in total. The summed E-state index contributed by atoms with van der Waals surface area (Å²) >= 11 is 0. The Balaban J connectivity index is 2.35. The number of pyridine rings is 1. The summed E-state index contributed by atoms with van der Waals surface area (Å²) in [5, 5.41) is 1.03. The van der Waals surface area contributed by atoms with Crippen LogP contribution in [-0.4, -0.2) is 18.1 Å². The van der Waals surface area contributed by atoms with Crippen molar-refractivity contribution in [2.24, 2.45) is 0 Å². The number of benzene rings is 2. The van der Waals surface area contributed by atoms with E-state index in [1.165, 1.54) is 7.11 Å². The zero-order valence-corrected chi connectivity index (χ0v) is 14.1. The van der Waals surface area contributed by atoms with Crippen molar-refractivity contribution < 1.29 is 9.53 Å². The molecule has 3 aromatic rings. The molecular formula is C21H21NO2. The topological polar surface area (TPSA) is 39.2 Å². The molecule has 0 aliphatic rings. The van der Waals surface area contributed by atoms with Crippen molar-refractivity contribution >= 4 is 16.9 Å². The first-order valence-corrected chi connectivity index (χ1v) is 8.31. The Labute approximate surface area is 142 Å². The summed E-state index contributed by atoms with van der Waals surface area (Å²) in [6.07, 6.45) is 2.92. The number of carbonyl (C=O) groups excluding carboxylic acids is 1. The number of ether oxygens (including phenoxy) is 1. The third-order valence-corrected chi connectivity index (χ3v) is 4.22. The molecule has 122 valence electrons. The average Bonchev–Trinajstić information content (AvgIpc) is 2.65. The molecule has 3 heteroatoms. The molecule has 0 saturated carbocycles. The maximum absolute atomic E-state index is 12.6. The van der Waals surface area contributed by atoms with Gasteiger partial charge in [0, 0.05) is 10.9 Å². The molecule has 0 aliphatic carbocycles. The van der Waals surface area contributed by atoms with E-state index in [-0.39, 0.29) is 5.97 Å². The first kappa shape index (κ1) is 16.2. The number of nitrogens with zero attached hydrogens (tertiary/aromatic N) is 1. The highest BCUT2D eigenvalue weighted by molar-refractivity contribution is 6.03. The fourth-order valence-corrected chi connectivity index (χ4v) is 3.02. The Morgan fingerprint density at radius 2 is 1.75 bits per heavy atom. The first-order chi connectivity index (χ1) is 11.8. The maximum atomic E-state index is 12.6. The van der Waals surface area contributed by atoms with E-state index < -0.39 is 0 Å². The Kier molecular flexibility index (Phi) is 4.90. The van der Waals surface area contributed by atoms with Crippen LogP contribution in [0.3, 0.4) is 0 Å². The second kappa shape index (κ2) is 7.26. The van der Waals surface area contributed by atoms with E-state index in [0.717, 1.165) is 41.3 Å². The number of esters is 1. The molecule has 0 radical (unpaired) electrons. The second-order valence-electron chi connectivity index (χ2n) is 5.79. The molecular weight excluding hydrogens is 298 g/mol. The van der Waals surface area contributed by atoms with Crippen molar-refractivity contribution in [2.45, 2.75) is 26.2 Å². The molecule has 0 amide bonds. The summed E-state index contributed by atoms with van der Waals surface area (Å²) in [5.74, 6) is -0.321. The van der Waals surface area contributed by atoms with Gasteiger partial charge in [0.2, 0.25) is 0 Å². The first-order valence-electron chi connectivity index (χ1n) is 8.31. The van der Waals surface area contributed by atoms with Gasteiger partial charge in [0.15, 0.2) is 0 Å². The number of fused-ring (bicyclic) bond motifs is 1. The molecule has 1 aromatic heterocycles. The normalized spacial score (nSPS) is 10.8. The average molecular weight is 319 g/mol. The van der Waals surface area contributed by atoms with Crippen molar-refractivity contribution in [1.82, 2.24) is 4.98 Å². The van der Waals surface area contributed by atoms with Crippen LogP contribution in [0.2, 0.25) is 0 Å². The zero-order chi connectivity index (χ0) is 16.9. The van der Waals surface area contributed by atoms with Gasteiger partial charge in [0.05, 0.1) is 23.9 Å². The molecule has 1 heterocycles. The van der Waals surface area contributed by atoms with Gasteiger partial charge in [-0.2, -0.15) is 0 Å². The molecule has 0 unspecified atom stereocenters. The Bertz CT molecular complexity index is 856. The largest absolute Gasteiger partial charge is 0.465 e. The summed E-state index contributed by atoms with van der Waals surface area (Å²) in [7, 11) is 1.43. The monoisotopic (exact) mass is 319 g/mol. The van der Waals surface area contributed by atoms with Gasteiger partial charge >= 0.3 is 5.97 Å². The minimum Gasteiger partial charge on any atom is -0.465 e. The number of hydrogen-bond acceptors (Lipinski definition) is 3. The molecule has 3 nitrogen and oxygen atoms in total. The van der Waals surface area contributed by atoms with Gasteiger partial charge in [0.1, 0.15) is 0 Å². The summed E-state index contributed by atoms with van der Waals surface area (Å²) in [4.78, 5) is 17.4. The zero-order valence-electron chi connectivity index (χ0n) is 14.1. The van der Waals surface area contributed by atoms with Crippen LogP contribution in [-0.2, 0) is 11.2 Å². The molecule has 0 spiro atoms. The van der Waals surface area contributed by atoms with E-state index >= 15 is 0 Å². The molecule has 3 rings (SSSR count). The third-order valence-electron chi connectivity index (χ3n) is 4.22. The summed E-state index contributed by atoms with van der Waals surface area (Å²) in [5.41, 5.74) is 4.17. The SMILES string of the molecule is CCCCc1c(C(=O)OC)c(-c2ccccc2)nc2ccccc12. The summed E-state index contributed by atoms with van der Waals surface area (Å²) in [6, 6.07) is 17.8. The number of hydrogen-bond donors (Lipinski definition) is 0.